The van der Waals surface area contributed by atoms with Crippen molar-refractivity contribution in [2.24, 2.45) is 3.21 Å². The lowest BCUT2D eigenvalue weighted by Crippen LogP contribution is -2.45. The maximum absolute atomic E-state index is 15.5. The van der Waals surface area contributed by atoms with E-state index >= 15 is 4.39 Å². The van der Waals surface area contributed by atoms with Crippen molar-refractivity contribution in [2.75, 3.05) is 20.8 Å². The molecular formula is C27H22Cl3FINO9S. The predicted molar refractivity (Wildman–Crippen MR) is 166 cm³/mol. The summed E-state index contributed by atoms with van der Waals surface area (Å²) in [4.78, 5) is 25.2. The summed E-state index contributed by atoms with van der Waals surface area (Å²) in [5, 5.41) is -0.566. The smallest absolute Gasteiger partial charge is 0.338 e. The number of hydrogen-bond donors (Lipinski definition) is 0. The molecule has 0 saturated heterocycles. The minimum atomic E-state index is -4.86. The van der Waals surface area contributed by atoms with Crippen molar-refractivity contribution in [3.63, 3.8) is 0 Å². The van der Waals surface area contributed by atoms with Gasteiger partial charge in [-0.25, -0.2) is 17.2 Å². The van der Waals surface area contributed by atoms with E-state index in [9.17, 15) is 18.0 Å². The average Bonchev–Trinajstić information content (AvgIpc) is 2.99. The highest BCUT2D eigenvalue weighted by atomic mass is 127. The second-order valence-corrected chi connectivity index (χ2v) is 11.7. The molecule has 0 saturated carbocycles. The van der Waals surface area contributed by atoms with Gasteiger partial charge in [0.15, 0.2) is 18.4 Å². The highest BCUT2D eigenvalue weighted by Gasteiger charge is 2.39. The highest BCUT2D eigenvalue weighted by molar-refractivity contribution is 14.1. The fourth-order valence-corrected chi connectivity index (χ4v) is 5.82. The number of halogens is 5. The van der Waals surface area contributed by atoms with Crippen LogP contribution in [0.2, 0.25) is 15.1 Å². The lowest BCUT2D eigenvalue weighted by Gasteiger charge is -2.27. The largest absolute Gasteiger partial charge is 0.497 e. The van der Waals surface area contributed by atoms with Gasteiger partial charge in [-0.05, 0) is 60.7 Å². The van der Waals surface area contributed by atoms with Gasteiger partial charge in [-0.1, -0.05) is 34.8 Å². The fraction of sp³-hybridized carbons (Fsp3) is 0.222. The van der Waals surface area contributed by atoms with Crippen molar-refractivity contribution in [3.05, 3.63) is 86.9 Å². The summed E-state index contributed by atoms with van der Waals surface area (Å²) >= 11 is 19.5. The maximum Gasteiger partial charge on any atom is 0.338 e. The molecular weight excluding hydrogens is 767 g/mol. The van der Waals surface area contributed by atoms with E-state index < -0.39 is 51.9 Å². The van der Waals surface area contributed by atoms with Crippen LogP contribution in [0.5, 0.6) is 11.5 Å². The number of hydrogen-bond acceptors (Lipinski definition) is 10. The zero-order valence-electron chi connectivity index (χ0n) is 22.2. The van der Waals surface area contributed by atoms with Gasteiger partial charge in [0.05, 0.1) is 63.3 Å². The maximum atomic E-state index is 15.5. The van der Waals surface area contributed by atoms with Crippen LogP contribution in [-0.2, 0) is 23.8 Å². The Labute approximate surface area is 275 Å². The first-order valence-corrected chi connectivity index (χ1v) is 15.4. The van der Waals surface area contributed by atoms with Crippen LogP contribution < -0.4 is 9.47 Å². The Morgan fingerprint density at radius 3 is 1.91 bits per heavy atom. The van der Waals surface area contributed by atoms with Crippen molar-refractivity contribution in [1.82, 2.24) is 0 Å². The third-order valence-electron chi connectivity index (χ3n) is 5.65. The number of nitrogens with zero attached hydrogens (tertiary/aromatic N) is 1. The second kappa shape index (κ2) is 15.9. The van der Waals surface area contributed by atoms with Crippen LogP contribution >= 0.6 is 57.7 Å². The molecule has 0 bridgehead atoms. The number of benzene rings is 3. The first kappa shape index (κ1) is 34.8. The number of carbonyl (C=O) groups excluding carboxylic acids is 2. The van der Waals surface area contributed by atoms with E-state index in [0.29, 0.717) is 11.5 Å². The molecule has 0 spiro atoms. The van der Waals surface area contributed by atoms with Crippen molar-refractivity contribution >= 4 is 85.9 Å². The zero-order valence-corrected chi connectivity index (χ0v) is 27.5. The van der Waals surface area contributed by atoms with E-state index in [-0.39, 0.29) is 26.2 Å². The van der Waals surface area contributed by atoms with Crippen LogP contribution in [0.1, 0.15) is 20.7 Å². The molecule has 3 atom stereocenters. The molecule has 3 aromatic carbocycles. The van der Waals surface area contributed by atoms with Crippen molar-refractivity contribution in [2.45, 2.75) is 23.3 Å². The lowest BCUT2D eigenvalue weighted by molar-refractivity contribution is -0.0474. The molecule has 230 valence electrons. The molecule has 0 amide bonds. The van der Waals surface area contributed by atoms with Crippen LogP contribution in [0.3, 0.4) is 0 Å². The van der Waals surface area contributed by atoms with Crippen LogP contribution in [0, 0.1) is 0 Å². The molecule has 0 aliphatic carbocycles. The van der Waals surface area contributed by atoms with Gasteiger partial charge in [0.25, 0.3) is 10.1 Å². The monoisotopic (exact) mass is 787 g/mol. The average molecular weight is 789 g/mol. The van der Waals surface area contributed by atoms with E-state index in [1.165, 1.54) is 85.6 Å². The van der Waals surface area contributed by atoms with Crippen LogP contribution in [0.4, 0.5) is 4.39 Å². The van der Waals surface area contributed by atoms with Crippen molar-refractivity contribution < 1.29 is 45.5 Å². The van der Waals surface area contributed by atoms with Crippen molar-refractivity contribution in [3.8, 4) is 11.5 Å². The van der Waals surface area contributed by atoms with Crippen molar-refractivity contribution in [1.29, 1.82) is 0 Å². The minimum Gasteiger partial charge on any atom is -0.497 e. The number of ether oxygens (including phenoxy) is 4. The Balaban J connectivity index is 1.99. The molecule has 3 rings (SSSR count). The lowest BCUT2D eigenvalue weighted by atomic mass is 10.1. The van der Waals surface area contributed by atoms with Gasteiger partial charge in [-0.2, -0.15) is 8.42 Å². The molecule has 0 aliphatic rings. The third-order valence-corrected chi connectivity index (χ3v) is 8.49. The number of carbonyl (C=O) groups is 2. The summed E-state index contributed by atoms with van der Waals surface area (Å²) in [5.41, 5.74) is 0.0427. The fourth-order valence-electron chi connectivity index (χ4n) is 3.46. The normalized spacial score (nSPS) is 13.7. The summed E-state index contributed by atoms with van der Waals surface area (Å²) in [6, 6.07) is 13.4. The van der Waals surface area contributed by atoms with E-state index in [2.05, 4.69) is 3.21 Å². The van der Waals surface area contributed by atoms with Gasteiger partial charge in [0, 0.05) is 6.21 Å². The summed E-state index contributed by atoms with van der Waals surface area (Å²) in [7, 11) is -1.99. The molecule has 43 heavy (non-hydrogen) atoms. The van der Waals surface area contributed by atoms with E-state index in [1.807, 2.05) is 0 Å². The van der Waals surface area contributed by atoms with Gasteiger partial charge in [-0.3, -0.25) is 4.18 Å². The molecule has 10 nitrogen and oxygen atoms in total. The molecule has 0 radical (unpaired) electrons. The molecule has 0 N–H and O–H groups in total. The van der Waals surface area contributed by atoms with Gasteiger partial charge >= 0.3 is 11.9 Å². The van der Waals surface area contributed by atoms with Gasteiger partial charge in [0.1, 0.15) is 23.0 Å². The Kier molecular flexibility index (Phi) is 12.8. The Morgan fingerprint density at radius 2 is 1.40 bits per heavy atom. The first-order valence-electron chi connectivity index (χ1n) is 11.9. The Hall–Kier alpha value is -2.69. The van der Waals surface area contributed by atoms with E-state index in [4.69, 9.17) is 57.9 Å². The molecule has 16 heteroatoms. The number of rotatable bonds is 13. The standard InChI is InChI=1S/C27H22Cl3FINO9S/c1-38-17-7-3-15(4-8-17)26(34)40-14-23(42-43(36,37)24-12-20(29)19(28)11-21(24)30)25(22(31)13-33-32)41-27(35)16-5-9-18(39-2)10-6-16/h3-13,22-23,25H,14H2,1-2H3/t22-,23+,25+/m0/s1. The SMILES string of the molecule is COc1ccc(C(=O)OC[C@@H](OS(=O)(=O)c2cc(Cl)c(Cl)cc2Cl)[C@H](OC(=O)c2ccc(OC)cc2)[C@@H](F)C=NI)cc1. The second-order valence-electron chi connectivity index (χ2n) is 8.40. The van der Waals surface area contributed by atoms with Gasteiger partial charge in [-0.15, -0.1) is 0 Å². The van der Waals surface area contributed by atoms with Crippen LogP contribution in [0.15, 0.2) is 68.8 Å². The minimum absolute atomic E-state index is 0.0197. The number of alkyl halides is 1. The quantitative estimate of drug-likeness (QED) is 0.0621. The molecule has 0 fully saturated rings. The molecule has 0 unspecified atom stereocenters. The zero-order chi connectivity index (χ0) is 31.7. The summed E-state index contributed by atoms with van der Waals surface area (Å²) in [5.74, 6) is -1.06. The number of methoxy groups -OCH3 is 2. The molecule has 3 aromatic rings. The summed E-state index contributed by atoms with van der Waals surface area (Å²) in [6.45, 7) is -0.890. The van der Waals surface area contributed by atoms with Gasteiger partial charge in [0.2, 0.25) is 0 Å². The molecule has 0 aromatic heterocycles. The number of esters is 2. The molecule has 0 heterocycles. The molecule has 0 aliphatic heterocycles. The van der Waals surface area contributed by atoms with Gasteiger partial charge < -0.3 is 18.9 Å². The summed E-state index contributed by atoms with van der Waals surface area (Å²) in [6.07, 6.45) is -5.40. The Bertz CT molecular complexity index is 1580. The van der Waals surface area contributed by atoms with Crippen LogP contribution in [0.25, 0.3) is 0 Å². The summed E-state index contributed by atoms with van der Waals surface area (Å²) < 4.78 is 71.8. The van der Waals surface area contributed by atoms with E-state index in [1.54, 1.807) is 0 Å². The topological polar surface area (TPSA) is 127 Å². The predicted octanol–water partition coefficient (Wildman–Crippen LogP) is 6.58. The Morgan fingerprint density at radius 1 is 0.884 bits per heavy atom. The third kappa shape index (κ3) is 9.40. The van der Waals surface area contributed by atoms with E-state index in [0.717, 1.165) is 18.3 Å². The first-order chi connectivity index (χ1) is 20.4. The highest BCUT2D eigenvalue weighted by Crippen LogP contribution is 2.33. The van der Waals surface area contributed by atoms with Crippen LogP contribution in [-0.4, -0.2) is 65.8 Å².